The zero-order valence-corrected chi connectivity index (χ0v) is 16.0. The van der Waals surface area contributed by atoms with Gasteiger partial charge in [-0.25, -0.2) is 14.8 Å². The summed E-state index contributed by atoms with van der Waals surface area (Å²) in [5.41, 5.74) is 4.34. The lowest BCUT2D eigenvalue weighted by atomic mass is 9.82. The van der Waals surface area contributed by atoms with E-state index in [9.17, 15) is 14.4 Å². The summed E-state index contributed by atoms with van der Waals surface area (Å²) < 4.78 is 0. The summed E-state index contributed by atoms with van der Waals surface area (Å²) in [4.78, 5) is 45.7. The molecule has 0 atom stereocenters. The molecule has 4 amide bonds. The Morgan fingerprint density at radius 1 is 1.15 bits per heavy atom. The van der Waals surface area contributed by atoms with E-state index in [1.54, 1.807) is 0 Å². The number of hydrogen-bond donors (Lipinski definition) is 2. The van der Waals surface area contributed by atoms with Gasteiger partial charge in [0.1, 0.15) is 5.54 Å². The highest BCUT2D eigenvalue weighted by atomic mass is 32.2. The molecule has 0 unspecified atom stereocenters. The molecule has 8 nitrogen and oxygen atoms in total. The maximum Gasteiger partial charge on any atom is 0.344 e. The summed E-state index contributed by atoms with van der Waals surface area (Å²) in [7, 11) is 0. The number of rotatable bonds is 4. The SMILES string of the molecule is Cc1nc(SCC(=O)NN2C(=O)NC3(CCCCC3)C2=O)nc(C)c1C. The molecular weight excluding hydrogens is 354 g/mol. The van der Waals surface area contributed by atoms with Crippen LogP contribution >= 0.6 is 11.8 Å². The number of carbonyl (C=O) groups is 3. The van der Waals surface area contributed by atoms with Gasteiger partial charge in [0.05, 0.1) is 5.75 Å². The predicted molar refractivity (Wildman–Crippen MR) is 96.3 cm³/mol. The molecule has 9 heteroatoms. The molecule has 1 spiro atoms. The molecule has 1 aromatic rings. The van der Waals surface area contributed by atoms with Gasteiger partial charge in [0.15, 0.2) is 5.16 Å². The fourth-order valence-corrected chi connectivity index (χ4v) is 4.04. The Balaban J connectivity index is 1.60. The van der Waals surface area contributed by atoms with Gasteiger partial charge >= 0.3 is 6.03 Å². The molecule has 2 fully saturated rings. The summed E-state index contributed by atoms with van der Waals surface area (Å²) >= 11 is 1.17. The lowest BCUT2D eigenvalue weighted by molar-refractivity contribution is -0.139. The van der Waals surface area contributed by atoms with Gasteiger partial charge in [0.2, 0.25) is 5.91 Å². The third-order valence-corrected chi connectivity index (χ3v) is 5.90. The molecule has 1 aliphatic carbocycles. The van der Waals surface area contributed by atoms with E-state index in [1.807, 2.05) is 20.8 Å². The Bertz CT molecular complexity index is 738. The first-order chi connectivity index (χ1) is 12.3. The maximum absolute atomic E-state index is 12.6. The molecule has 26 heavy (non-hydrogen) atoms. The Kier molecular flexibility index (Phi) is 5.17. The van der Waals surface area contributed by atoms with Gasteiger partial charge in [0, 0.05) is 11.4 Å². The lowest BCUT2D eigenvalue weighted by Gasteiger charge is -2.30. The monoisotopic (exact) mass is 377 g/mol. The normalized spacial score (nSPS) is 19.0. The largest absolute Gasteiger partial charge is 0.344 e. The number of hydrogen-bond acceptors (Lipinski definition) is 6. The predicted octanol–water partition coefficient (Wildman–Crippen LogP) is 1.78. The average Bonchev–Trinajstić information content (AvgIpc) is 2.82. The summed E-state index contributed by atoms with van der Waals surface area (Å²) in [6.45, 7) is 5.74. The summed E-state index contributed by atoms with van der Waals surface area (Å²) in [5.74, 6) is -0.781. The van der Waals surface area contributed by atoms with Crippen molar-refractivity contribution in [1.82, 2.24) is 25.7 Å². The Morgan fingerprint density at radius 3 is 2.38 bits per heavy atom. The minimum atomic E-state index is -0.843. The van der Waals surface area contributed by atoms with Crippen molar-refractivity contribution in [2.45, 2.75) is 63.6 Å². The minimum Gasteiger partial charge on any atom is -0.322 e. The van der Waals surface area contributed by atoms with Crippen molar-refractivity contribution in [3.63, 3.8) is 0 Å². The van der Waals surface area contributed by atoms with Crippen LogP contribution < -0.4 is 10.7 Å². The number of amides is 4. The van der Waals surface area contributed by atoms with Gasteiger partial charge in [-0.05, 0) is 39.2 Å². The molecule has 0 radical (unpaired) electrons. The number of urea groups is 1. The number of carbonyl (C=O) groups excluding carboxylic acids is 3. The molecule has 1 saturated heterocycles. The van der Waals surface area contributed by atoms with E-state index in [-0.39, 0.29) is 11.7 Å². The maximum atomic E-state index is 12.6. The molecule has 1 aromatic heterocycles. The van der Waals surface area contributed by atoms with Crippen molar-refractivity contribution in [3.8, 4) is 0 Å². The Labute approximate surface area is 156 Å². The summed E-state index contributed by atoms with van der Waals surface area (Å²) in [5, 5.41) is 4.08. The van der Waals surface area contributed by atoms with Crippen LogP contribution in [0, 0.1) is 20.8 Å². The van der Waals surface area contributed by atoms with Crippen LogP contribution in [0.5, 0.6) is 0 Å². The van der Waals surface area contributed by atoms with Crippen LogP contribution in [0.3, 0.4) is 0 Å². The lowest BCUT2D eigenvalue weighted by Crippen LogP contribution is -2.51. The second kappa shape index (κ2) is 7.22. The van der Waals surface area contributed by atoms with Gasteiger partial charge in [0.25, 0.3) is 5.91 Å². The molecule has 1 aliphatic heterocycles. The quantitative estimate of drug-likeness (QED) is 0.471. The highest BCUT2D eigenvalue weighted by molar-refractivity contribution is 7.99. The van der Waals surface area contributed by atoms with E-state index in [0.717, 1.165) is 41.2 Å². The summed E-state index contributed by atoms with van der Waals surface area (Å²) in [6.07, 6.45) is 4.09. The first kappa shape index (κ1) is 18.6. The summed E-state index contributed by atoms with van der Waals surface area (Å²) in [6, 6.07) is -0.562. The highest BCUT2D eigenvalue weighted by Gasteiger charge is 2.52. The van der Waals surface area contributed by atoms with Crippen molar-refractivity contribution < 1.29 is 14.4 Å². The number of thioether (sulfide) groups is 1. The smallest absolute Gasteiger partial charge is 0.322 e. The molecule has 0 bridgehead atoms. The van der Waals surface area contributed by atoms with Gasteiger partial charge in [-0.15, -0.1) is 0 Å². The first-order valence-corrected chi connectivity index (χ1v) is 9.72. The zero-order chi connectivity index (χ0) is 18.9. The van der Waals surface area contributed by atoms with Crippen LogP contribution in [0.15, 0.2) is 5.16 Å². The molecule has 2 aliphatic rings. The number of imide groups is 1. The van der Waals surface area contributed by atoms with E-state index >= 15 is 0 Å². The number of aryl methyl sites for hydroxylation is 2. The number of aromatic nitrogens is 2. The van der Waals surface area contributed by atoms with Crippen molar-refractivity contribution in [2.75, 3.05) is 5.75 Å². The Morgan fingerprint density at radius 2 is 1.77 bits per heavy atom. The van der Waals surface area contributed by atoms with Crippen molar-refractivity contribution >= 4 is 29.6 Å². The number of nitrogens with one attached hydrogen (secondary N) is 2. The van der Waals surface area contributed by atoms with E-state index in [2.05, 4.69) is 20.7 Å². The standard InChI is InChI=1S/C17H23N5O3S/c1-10-11(2)18-15(19-12(10)3)26-9-13(23)21-22-14(24)17(20-16(22)25)7-5-4-6-8-17/h4-9H2,1-3H3,(H,20,25)(H,21,23). The van der Waals surface area contributed by atoms with Crippen molar-refractivity contribution in [2.24, 2.45) is 0 Å². The highest BCUT2D eigenvalue weighted by Crippen LogP contribution is 2.33. The van der Waals surface area contributed by atoms with Crippen LogP contribution in [0.1, 0.15) is 49.1 Å². The van der Waals surface area contributed by atoms with E-state index in [1.165, 1.54) is 11.8 Å². The third kappa shape index (κ3) is 3.53. The van der Waals surface area contributed by atoms with Crippen LogP contribution in [-0.4, -0.2) is 44.1 Å². The molecule has 0 aromatic carbocycles. The van der Waals surface area contributed by atoms with Crippen molar-refractivity contribution in [3.05, 3.63) is 17.0 Å². The van der Waals surface area contributed by atoms with Crippen molar-refractivity contribution in [1.29, 1.82) is 0 Å². The van der Waals surface area contributed by atoms with Crippen LogP contribution in [-0.2, 0) is 9.59 Å². The second-order valence-electron chi connectivity index (χ2n) is 6.84. The first-order valence-electron chi connectivity index (χ1n) is 8.73. The van der Waals surface area contributed by atoms with Gasteiger partial charge < -0.3 is 5.32 Å². The van der Waals surface area contributed by atoms with Crippen LogP contribution in [0.2, 0.25) is 0 Å². The van der Waals surface area contributed by atoms with E-state index in [4.69, 9.17) is 0 Å². The average molecular weight is 377 g/mol. The second-order valence-corrected chi connectivity index (χ2v) is 7.78. The molecule has 140 valence electrons. The minimum absolute atomic E-state index is 0.0198. The number of nitrogens with zero attached hydrogens (tertiary/aromatic N) is 3. The fourth-order valence-electron chi connectivity index (χ4n) is 3.31. The topological polar surface area (TPSA) is 104 Å². The third-order valence-electron chi connectivity index (χ3n) is 5.05. The molecular formula is C17H23N5O3S. The fraction of sp³-hybridized carbons (Fsp3) is 0.588. The van der Waals surface area contributed by atoms with E-state index < -0.39 is 17.5 Å². The van der Waals surface area contributed by atoms with Crippen LogP contribution in [0.4, 0.5) is 4.79 Å². The van der Waals surface area contributed by atoms with Gasteiger partial charge in [-0.1, -0.05) is 31.0 Å². The Hall–Kier alpha value is -2.16. The molecule has 3 rings (SSSR count). The molecule has 2 heterocycles. The molecule has 1 saturated carbocycles. The van der Waals surface area contributed by atoms with E-state index in [0.29, 0.717) is 18.0 Å². The van der Waals surface area contributed by atoms with Gasteiger partial charge in [-0.3, -0.25) is 15.0 Å². The van der Waals surface area contributed by atoms with Crippen LogP contribution in [0.25, 0.3) is 0 Å². The number of hydrazine groups is 1. The zero-order valence-electron chi connectivity index (χ0n) is 15.2. The molecule has 2 N–H and O–H groups in total. The van der Waals surface area contributed by atoms with Gasteiger partial charge in [-0.2, -0.15) is 5.01 Å².